The molecule has 2 heterocycles. The maximum Gasteiger partial charge on any atom is 0.316 e. The van der Waals surface area contributed by atoms with Crippen LogP contribution in [0.3, 0.4) is 0 Å². The van der Waals surface area contributed by atoms with Crippen LogP contribution >= 0.6 is 0 Å². The molecule has 0 aliphatic carbocycles. The zero-order valence-electron chi connectivity index (χ0n) is 12.0. The zero-order chi connectivity index (χ0) is 14.3. The van der Waals surface area contributed by atoms with E-state index in [-0.39, 0.29) is 0 Å². The minimum atomic E-state index is 0.386. The number of aromatic nitrogens is 4. The van der Waals surface area contributed by atoms with E-state index in [1.165, 1.54) is 0 Å². The molecule has 0 aliphatic rings. The number of methoxy groups -OCH3 is 1. The molecule has 102 valence electrons. The van der Waals surface area contributed by atoms with Crippen LogP contribution in [-0.2, 0) is 7.05 Å². The van der Waals surface area contributed by atoms with Crippen molar-refractivity contribution < 1.29 is 4.74 Å². The van der Waals surface area contributed by atoms with Crippen LogP contribution in [0.4, 0.5) is 0 Å². The second kappa shape index (κ2) is 4.59. The summed E-state index contributed by atoms with van der Waals surface area (Å²) in [4.78, 5) is 13.1. The van der Waals surface area contributed by atoms with Gasteiger partial charge in [-0.15, -0.1) is 0 Å². The molecule has 0 bridgehead atoms. The lowest BCUT2D eigenvalue weighted by Crippen LogP contribution is -1.96. The number of hydrogen-bond acceptors (Lipinski definition) is 4. The Kier molecular flexibility index (Phi) is 2.89. The molecule has 0 spiro atoms. The molecule has 0 atom stereocenters. The summed E-state index contributed by atoms with van der Waals surface area (Å²) in [6, 6.07) is 8.49. The summed E-state index contributed by atoms with van der Waals surface area (Å²) in [6.45, 7) is 3.93. The van der Waals surface area contributed by atoms with E-state index in [9.17, 15) is 0 Å². The smallest absolute Gasteiger partial charge is 0.316 e. The highest BCUT2D eigenvalue weighted by Gasteiger charge is 2.09. The first-order valence-electron chi connectivity index (χ1n) is 6.41. The summed E-state index contributed by atoms with van der Waals surface area (Å²) < 4.78 is 7.20. The highest BCUT2D eigenvalue weighted by molar-refractivity contribution is 5.81. The van der Waals surface area contributed by atoms with Gasteiger partial charge in [0.05, 0.1) is 23.8 Å². The first-order valence-corrected chi connectivity index (χ1v) is 6.41. The van der Waals surface area contributed by atoms with Crippen molar-refractivity contribution in [1.29, 1.82) is 0 Å². The van der Waals surface area contributed by atoms with Crippen LogP contribution in [0.2, 0.25) is 0 Å². The number of nitrogens with zero attached hydrogens (tertiary/aromatic N) is 4. The van der Waals surface area contributed by atoms with Crippen molar-refractivity contribution in [3.05, 3.63) is 35.8 Å². The third kappa shape index (κ3) is 2.01. The van der Waals surface area contributed by atoms with Crippen LogP contribution in [0.25, 0.3) is 22.3 Å². The predicted molar refractivity (Wildman–Crippen MR) is 77.8 cm³/mol. The molecule has 3 rings (SSSR count). The molecular weight excluding hydrogens is 252 g/mol. The summed E-state index contributed by atoms with van der Waals surface area (Å²) in [7, 11) is 3.59. The first kappa shape index (κ1) is 12.6. The van der Waals surface area contributed by atoms with E-state index in [0.717, 1.165) is 33.8 Å². The van der Waals surface area contributed by atoms with Crippen LogP contribution in [0.5, 0.6) is 6.01 Å². The standard InChI is InChI=1S/C15H16N4O/c1-9-7-12(18-15(16-9)20-4)11-5-6-14-13(8-11)17-10(2)19(14)3/h5-8H,1-4H3. The second-order valence-electron chi connectivity index (χ2n) is 4.80. The Morgan fingerprint density at radius 2 is 1.85 bits per heavy atom. The third-order valence-electron chi connectivity index (χ3n) is 3.42. The van der Waals surface area contributed by atoms with Crippen molar-refractivity contribution in [2.75, 3.05) is 7.11 Å². The van der Waals surface area contributed by atoms with E-state index in [1.54, 1.807) is 7.11 Å². The van der Waals surface area contributed by atoms with Gasteiger partial charge in [-0.1, -0.05) is 6.07 Å². The second-order valence-corrected chi connectivity index (χ2v) is 4.80. The lowest BCUT2D eigenvalue weighted by Gasteiger charge is -2.05. The number of rotatable bonds is 2. The van der Waals surface area contributed by atoms with Gasteiger partial charge in [-0.3, -0.25) is 0 Å². The summed E-state index contributed by atoms with van der Waals surface area (Å²) in [5.41, 5.74) is 4.82. The van der Waals surface area contributed by atoms with Crippen molar-refractivity contribution in [3.63, 3.8) is 0 Å². The van der Waals surface area contributed by atoms with Gasteiger partial charge in [0.1, 0.15) is 5.82 Å². The molecule has 0 saturated carbocycles. The minimum absolute atomic E-state index is 0.386. The number of imidazole rings is 1. The molecule has 5 heteroatoms. The van der Waals surface area contributed by atoms with Crippen molar-refractivity contribution in [2.45, 2.75) is 13.8 Å². The molecule has 0 radical (unpaired) electrons. The molecule has 3 aromatic rings. The summed E-state index contributed by atoms with van der Waals surface area (Å²) in [5.74, 6) is 0.994. The van der Waals surface area contributed by atoms with E-state index in [2.05, 4.69) is 25.6 Å². The SMILES string of the molecule is COc1nc(C)cc(-c2ccc3c(c2)nc(C)n3C)n1. The summed E-state index contributed by atoms with van der Waals surface area (Å²) in [5, 5.41) is 0. The van der Waals surface area contributed by atoms with Gasteiger partial charge >= 0.3 is 6.01 Å². The molecule has 0 saturated heterocycles. The first-order chi connectivity index (χ1) is 9.58. The van der Waals surface area contributed by atoms with Crippen molar-refractivity contribution in [1.82, 2.24) is 19.5 Å². The molecule has 20 heavy (non-hydrogen) atoms. The average molecular weight is 268 g/mol. The van der Waals surface area contributed by atoms with Gasteiger partial charge in [0, 0.05) is 18.3 Å². The monoisotopic (exact) mass is 268 g/mol. The topological polar surface area (TPSA) is 52.8 Å². The Hall–Kier alpha value is -2.43. The number of aryl methyl sites for hydroxylation is 3. The quantitative estimate of drug-likeness (QED) is 0.717. The van der Waals surface area contributed by atoms with E-state index in [1.807, 2.05) is 39.1 Å². The van der Waals surface area contributed by atoms with Gasteiger partial charge in [0.2, 0.25) is 0 Å². The molecule has 5 nitrogen and oxygen atoms in total. The third-order valence-corrected chi connectivity index (χ3v) is 3.42. The molecule has 0 unspecified atom stereocenters. The maximum atomic E-state index is 5.13. The van der Waals surface area contributed by atoms with Gasteiger partial charge in [-0.25, -0.2) is 9.97 Å². The number of ether oxygens (including phenoxy) is 1. The largest absolute Gasteiger partial charge is 0.467 e. The van der Waals surface area contributed by atoms with E-state index in [0.29, 0.717) is 6.01 Å². The molecule has 2 aromatic heterocycles. The zero-order valence-corrected chi connectivity index (χ0v) is 12.0. The van der Waals surface area contributed by atoms with Crippen LogP contribution in [0.15, 0.2) is 24.3 Å². The van der Waals surface area contributed by atoms with Gasteiger partial charge < -0.3 is 9.30 Å². The van der Waals surface area contributed by atoms with E-state index in [4.69, 9.17) is 4.74 Å². The van der Waals surface area contributed by atoms with E-state index >= 15 is 0 Å². The van der Waals surface area contributed by atoms with Crippen molar-refractivity contribution in [2.24, 2.45) is 7.05 Å². The number of benzene rings is 1. The Bertz CT molecular complexity index is 792. The van der Waals surface area contributed by atoms with Crippen LogP contribution in [0, 0.1) is 13.8 Å². The van der Waals surface area contributed by atoms with Gasteiger partial charge in [-0.05, 0) is 32.0 Å². The fourth-order valence-corrected chi connectivity index (χ4v) is 2.26. The Morgan fingerprint density at radius 1 is 1.05 bits per heavy atom. The highest BCUT2D eigenvalue weighted by Crippen LogP contribution is 2.24. The van der Waals surface area contributed by atoms with Crippen LogP contribution < -0.4 is 4.74 Å². The number of hydrogen-bond donors (Lipinski definition) is 0. The molecule has 0 fully saturated rings. The van der Waals surface area contributed by atoms with Crippen LogP contribution in [0.1, 0.15) is 11.5 Å². The fraction of sp³-hybridized carbons (Fsp3) is 0.267. The Balaban J connectivity index is 2.17. The van der Waals surface area contributed by atoms with Crippen molar-refractivity contribution >= 4 is 11.0 Å². The normalized spacial score (nSPS) is 11.0. The lowest BCUT2D eigenvalue weighted by molar-refractivity contribution is 0.379. The minimum Gasteiger partial charge on any atom is -0.467 e. The molecular formula is C15H16N4O. The fourth-order valence-electron chi connectivity index (χ4n) is 2.26. The molecule has 0 N–H and O–H groups in total. The lowest BCUT2D eigenvalue weighted by atomic mass is 10.1. The Morgan fingerprint density at radius 3 is 2.60 bits per heavy atom. The molecule has 1 aromatic carbocycles. The average Bonchev–Trinajstić information content (AvgIpc) is 2.73. The summed E-state index contributed by atoms with van der Waals surface area (Å²) >= 11 is 0. The van der Waals surface area contributed by atoms with Crippen molar-refractivity contribution in [3.8, 4) is 17.3 Å². The maximum absolute atomic E-state index is 5.13. The highest BCUT2D eigenvalue weighted by atomic mass is 16.5. The Labute approximate surface area is 117 Å². The van der Waals surface area contributed by atoms with Crippen LogP contribution in [-0.4, -0.2) is 26.6 Å². The number of fused-ring (bicyclic) bond motifs is 1. The van der Waals surface area contributed by atoms with Gasteiger partial charge in [0.25, 0.3) is 0 Å². The molecule has 0 amide bonds. The molecule has 0 aliphatic heterocycles. The predicted octanol–water partition coefficient (Wildman–Crippen LogP) is 2.66. The van der Waals surface area contributed by atoms with E-state index < -0.39 is 0 Å². The van der Waals surface area contributed by atoms with Gasteiger partial charge in [-0.2, -0.15) is 4.98 Å². The summed E-state index contributed by atoms with van der Waals surface area (Å²) in [6.07, 6.45) is 0. The van der Waals surface area contributed by atoms with Gasteiger partial charge in [0.15, 0.2) is 0 Å².